The Morgan fingerprint density at radius 3 is 2.56 bits per heavy atom. The Morgan fingerprint density at radius 2 is 1.78 bits per heavy atom. The van der Waals surface area contributed by atoms with Gasteiger partial charge in [0.1, 0.15) is 22.7 Å². The summed E-state index contributed by atoms with van der Waals surface area (Å²) in [6, 6.07) is 18.2. The Morgan fingerprint density at radius 1 is 0.951 bits per heavy atom. The van der Waals surface area contributed by atoms with Gasteiger partial charge in [0.2, 0.25) is 0 Å². The minimum absolute atomic E-state index is 0.0901. The third-order valence-corrected chi connectivity index (χ3v) is 7.49. The highest BCUT2D eigenvalue weighted by Crippen LogP contribution is 2.34. The summed E-state index contributed by atoms with van der Waals surface area (Å²) in [6.07, 6.45) is 4.87. The van der Waals surface area contributed by atoms with Gasteiger partial charge in [-0.1, -0.05) is 52.7 Å². The highest BCUT2D eigenvalue weighted by atomic mass is 16.5. The van der Waals surface area contributed by atoms with E-state index >= 15 is 0 Å². The summed E-state index contributed by atoms with van der Waals surface area (Å²) in [5.74, 6) is 1.44. The van der Waals surface area contributed by atoms with E-state index in [-0.39, 0.29) is 6.03 Å². The lowest BCUT2D eigenvalue weighted by Crippen LogP contribution is -2.38. The molecule has 0 bridgehead atoms. The van der Waals surface area contributed by atoms with Crippen LogP contribution in [0.5, 0.6) is 0 Å². The number of carbonyl (C=O) groups is 1. The molecule has 9 heteroatoms. The number of amides is 2. The molecular formula is C32H33N7O2. The number of hydrogen-bond donors (Lipinski definition) is 1. The molecule has 0 unspecified atom stereocenters. The van der Waals surface area contributed by atoms with Crippen LogP contribution in [0, 0.1) is 20.8 Å². The molecule has 2 amide bonds. The van der Waals surface area contributed by atoms with Gasteiger partial charge in [-0.3, -0.25) is 4.98 Å². The number of benzene rings is 2. The molecule has 0 atom stereocenters. The summed E-state index contributed by atoms with van der Waals surface area (Å²) in [5.41, 5.74) is 7.34. The third kappa shape index (κ3) is 5.75. The highest BCUT2D eigenvalue weighted by Gasteiger charge is 2.26. The van der Waals surface area contributed by atoms with Crippen LogP contribution in [0.4, 0.5) is 16.3 Å². The van der Waals surface area contributed by atoms with Crippen LogP contribution in [0.25, 0.3) is 22.4 Å². The minimum atomic E-state index is -0.0901. The van der Waals surface area contributed by atoms with Crippen molar-refractivity contribution in [2.75, 3.05) is 36.4 Å². The van der Waals surface area contributed by atoms with Crippen molar-refractivity contribution < 1.29 is 9.32 Å². The lowest BCUT2D eigenvalue weighted by molar-refractivity contribution is 0.215. The van der Waals surface area contributed by atoms with Crippen molar-refractivity contribution in [3.63, 3.8) is 0 Å². The molecule has 0 spiro atoms. The first-order chi connectivity index (χ1) is 19.9. The van der Waals surface area contributed by atoms with Crippen molar-refractivity contribution in [1.82, 2.24) is 25.0 Å². The average molecular weight is 548 g/mol. The van der Waals surface area contributed by atoms with Crippen molar-refractivity contribution in [2.45, 2.75) is 33.6 Å². The summed E-state index contributed by atoms with van der Waals surface area (Å²) in [7, 11) is 0. The fraction of sp³-hybridized carbons (Fsp3) is 0.281. The SMILES string of the molecule is Cc1ccc(Cc2nc(N3CCCN(C(=O)Nc4ccc(C)cc4C)CC3)c3c(-c4cccnc4)noc3n2)cc1. The summed E-state index contributed by atoms with van der Waals surface area (Å²) >= 11 is 0. The number of nitrogens with one attached hydrogen (secondary N) is 1. The molecule has 3 aromatic heterocycles. The van der Waals surface area contributed by atoms with Crippen LogP contribution in [0.2, 0.25) is 0 Å². The van der Waals surface area contributed by atoms with E-state index < -0.39 is 0 Å². The molecule has 1 saturated heterocycles. The number of anilines is 2. The second kappa shape index (κ2) is 11.4. The van der Waals surface area contributed by atoms with Crippen molar-refractivity contribution in [1.29, 1.82) is 0 Å². The van der Waals surface area contributed by atoms with E-state index in [1.807, 2.05) is 43.0 Å². The van der Waals surface area contributed by atoms with E-state index in [1.54, 1.807) is 12.4 Å². The van der Waals surface area contributed by atoms with Gasteiger partial charge < -0.3 is 19.6 Å². The van der Waals surface area contributed by atoms with E-state index in [0.717, 1.165) is 46.5 Å². The molecule has 2 aromatic carbocycles. The lowest BCUT2D eigenvalue weighted by Gasteiger charge is -2.24. The van der Waals surface area contributed by atoms with Crippen LogP contribution in [-0.4, -0.2) is 57.2 Å². The lowest BCUT2D eigenvalue weighted by atomic mass is 10.1. The number of nitrogens with zero attached hydrogens (tertiary/aromatic N) is 6. The van der Waals surface area contributed by atoms with Gasteiger partial charge in [0, 0.05) is 56.2 Å². The fourth-order valence-electron chi connectivity index (χ4n) is 5.26. The van der Waals surface area contributed by atoms with E-state index in [9.17, 15) is 4.79 Å². The molecular weight excluding hydrogens is 514 g/mol. The summed E-state index contributed by atoms with van der Waals surface area (Å²) in [4.78, 5) is 31.4. The number of carbonyl (C=O) groups excluding carboxylic acids is 1. The standard InChI is InChI=1S/C32H33N7O2/c1-21-7-10-24(11-8-21)19-27-35-30(28-29(37-41-31(28)36-27)25-6-4-13-33-20-25)38-14-5-15-39(17-16-38)32(40)34-26-12-9-22(2)18-23(26)3/h4,6-13,18,20H,5,14-17,19H2,1-3H3,(H,34,40). The van der Waals surface area contributed by atoms with E-state index in [2.05, 4.69) is 57.6 Å². The highest BCUT2D eigenvalue weighted by molar-refractivity contribution is 5.98. The van der Waals surface area contributed by atoms with Gasteiger partial charge in [-0.25, -0.2) is 9.78 Å². The number of pyridine rings is 1. The smallest absolute Gasteiger partial charge is 0.321 e. The largest absolute Gasteiger partial charge is 0.354 e. The Labute approximate surface area is 239 Å². The van der Waals surface area contributed by atoms with Crippen LogP contribution in [0.3, 0.4) is 0 Å². The molecule has 1 aliphatic rings. The zero-order chi connectivity index (χ0) is 28.3. The number of fused-ring (bicyclic) bond motifs is 1. The second-order valence-corrected chi connectivity index (χ2v) is 10.7. The predicted molar refractivity (Wildman–Crippen MR) is 160 cm³/mol. The quantitative estimate of drug-likeness (QED) is 0.291. The van der Waals surface area contributed by atoms with Gasteiger partial charge in [-0.05, 0) is 56.5 Å². The molecule has 208 valence electrons. The van der Waals surface area contributed by atoms with Crippen molar-refractivity contribution in [2.24, 2.45) is 0 Å². The normalized spacial score (nSPS) is 13.8. The third-order valence-electron chi connectivity index (χ3n) is 7.49. The maximum absolute atomic E-state index is 13.2. The fourth-order valence-corrected chi connectivity index (χ4v) is 5.26. The Kier molecular flexibility index (Phi) is 7.33. The van der Waals surface area contributed by atoms with E-state index in [1.165, 1.54) is 11.1 Å². The monoisotopic (exact) mass is 547 g/mol. The van der Waals surface area contributed by atoms with Crippen LogP contribution in [0.1, 0.15) is 34.5 Å². The van der Waals surface area contributed by atoms with Gasteiger partial charge in [-0.15, -0.1) is 0 Å². The summed E-state index contributed by atoms with van der Waals surface area (Å²) in [6.45, 7) is 8.70. The molecule has 5 aromatic rings. The summed E-state index contributed by atoms with van der Waals surface area (Å²) < 4.78 is 5.78. The van der Waals surface area contributed by atoms with Gasteiger partial charge in [0.25, 0.3) is 5.71 Å². The first-order valence-corrected chi connectivity index (χ1v) is 13.9. The van der Waals surface area contributed by atoms with Gasteiger partial charge in [-0.2, -0.15) is 4.98 Å². The Hall–Kier alpha value is -4.79. The van der Waals surface area contributed by atoms with Crippen molar-refractivity contribution in [3.05, 3.63) is 95.1 Å². The van der Waals surface area contributed by atoms with Crippen molar-refractivity contribution in [3.8, 4) is 11.3 Å². The first kappa shape index (κ1) is 26.4. The number of hydrogen-bond acceptors (Lipinski definition) is 7. The van der Waals surface area contributed by atoms with Crippen LogP contribution in [-0.2, 0) is 6.42 Å². The maximum Gasteiger partial charge on any atom is 0.321 e. The zero-order valence-electron chi connectivity index (χ0n) is 23.6. The number of aryl methyl sites for hydroxylation is 3. The predicted octanol–water partition coefficient (Wildman–Crippen LogP) is 5.94. The van der Waals surface area contributed by atoms with E-state index in [4.69, 9.17) is 14.5 Å². The van der Waals surface area contributed by atoms with Crippen LogP contribution in [0.15, 0.2) is 71.5 Å². The van der Waals surface area contributed by atoms with E-state index in [0.29, 0.717) is 43.3 Å². The molecule has 1 fully saturated rings. The molecule has 6 rings (SSSR count). The average Bonchev–Trinajstić information content (AvgIpc) is 3.24. The van der Waals surface area contributed by atoms with Gasteiger partial charge in [0.15, 0.2) is 0 Å². The number of aromatic nitrogens is 4. The second-order valence-electron chi connectivity index (χ2n) is 10.7. The molecule has 1 N–H and O–H groups in total. The molecule has 0 aliphatic carbocycles. The number of rotatable bonds is 5. The first-order valence-electron chi connectivity index (χ1n) is 13.9. The van der Waals surface area contributed by atoms with Crippen LogP contribution < -0.4 is 10.2 Å². The Bertz CT molecular complexity index is 1680. The zero-order valence-corrected chi connectivity index (χ0v) is 23.6. The summed E-state index contributed by atoms with van der Waals surface area (Å²) in [5, 5.41) is 8.25. The Balaban J connectivity index is 1.30. The van der Waals surface area contributed by atoms with Gasteiger partial charge >= 0.3 is 6.03 Å². The molecule has 0 radical (unpaired) electrons. The van der Waals surface area contributed by atoms with Crippen molar-refractivity contribution >= 4 is 28.6 Å². The maximum atomic E-state index is 13.2. The molecule has 1 aliphatic heterocycles. The topological polar surface area (TPSA) is 100 Å². The molecule has 4 heterocycles. The molecule has 41 heavy (non-hydrogen) atoms. The minimum Gasteiger partial charge on any atom is -0.354 e. The molecule has 9 nitrogen and oxygen atoms in total. The number of urea groups is 1. The molecule has 0 saturated carbocycles. The van der Waals surface area contributed by atoms with Crippen LogP contribution >= 0.6 is 0 Å². The van der Waals surface area contributed by atoms with Gasteiger partial charge in [0.05, 0.1) is 0 Å².